The summed E-state index contributed by atoms with van der Waals surface area (Å²) in [5.41, 5.74) is 6.04. The second-order valence-corrected chi connectivity index (χ2v) is 5.27. The van der Waals surface area contributed by atoms with E-state index in [4.69, 9.17) is 0 Å². The topological polar surface area (TPSA) is 41.1 Å². The largest absolute Gasteiger partial charge is 0.381 e. The zero-order valence-electron chi connectivity index (χ0n) is 12.9. The summed E-state index contributed by atoms with van der Waals surface area (Å²) in [5.74, 6) is 0.0336. The van der Waals surface area contributed by atoms with Crippen molar-refractivity contribution in [1.82, 2.24) is 5.32 Å². The SMILES string of the molecule is CNC(=O)Cc1ccc(NCc2c(C)cccc2C)cc1. The third-order valence-corrected chi connectivity index (χ3v) is 3.71. The molecule has 0 radical (unpaired) electrons. The first-order valence-electron chi connectivity index (χ1n) is 7.18. The van der Waals surface area contributed by atoms with E-state index in [0.717, 1.165) is 17.8 Å². The van der Waals surface area contributed by atoms with Crippen molar-refractivity contribution in [2.24, 2.45) is 0 Å². The minimum atomic E-state index is 0.0336. The number of aryl methyl sites for hydroxylation is 2. The Hall–Kier alpha value is -2.29. The molecular formula is C18H22N2O. The number of rotatable bonds is 5. The van der Waals surface area contributed by atoms with E-state index >= 15 is 0 Å². The average Bonchev–Trinajstić information content (AvgIpc) is 2.48. The first kappa shape index (κ1) is 15.1. The van der Waals surface area contributed by atoms with Crippen LogP contribution in [0.2, 0.25) is 0 Å². The van der Waals surface area contributed by atoms with Crippen molar-refractivity contribution in [1.29, 1.82) is 0 Å². The van der Waals surface area contributed by atoms with Crippen LogP contribution in [0.1, 0.15) is 22.3 Å². The average molecular weight is 282 g/mol. The number of benzene rings is 2. The lowest BCUT2D eigenvalue weighted by Gasteiger charge is -2.12. The molecule has 0 spiro atoms. The normalized spacial score (nSPS) is 10.2. The van der Waals surface area contributed by atoms with Gasteiger partial charge in [0.2, 0.25) is 5.91 Å². The molecule has 3 heteroatoms. The van der Waals surface area contributed by atoms with Crippen LogP contribution in [0.3, 0.4) is 0 Å². The number of nitrogens with one attached hydrogen (secondary N) is 2. The van der Waals surface area contributed by atoms with E-state index in [1.54, 1.807) is 7.05 Å². The molecule has 0 aliphatic heterocycles. The van der Waals surface area contributed by atoms with Crippen LogP contribution in [0.4, 0.5) is 5.69 Å². The number of carbonyl (C=O) groups excluding carboxylic acids is 1. The van der Waals surface area contributed by atoms with E-state index in [0.29, 0.717) is 6.42 Å². The van der Waals surface area contributed by atoms with Crippen molar-refractivity contribution >= 4 is 11.6 Å². The lowest BCUT2D eigenvalue weighted by Crippen LogP contribution is -2.19. The van der Waals surface area contributed by atoms with Gasteiger partial charge in [0, 0.05) is 19.3 Å². The van der Waals surface area contributed by atoms with Crippen LogP contribution in [0.5, 0.6) is 0 Å². The molecule has 0 fully saturated rings. The van der Waals surface area contributed by atoms with E-state index in [-0.39, 0.29) is 5.91 Å². The predicted molar refractivity (Wildman–Crippen MR) is 87.5 cm³/mol. The van der Waals surface area contributed by atoms with Gasteiger partial charge in [-0.1, -0.05) is 30.3 Å². The van der Waals surface area contributed by atoms with Crippen molar-refractivity contribution in [3.63, 3.8) is 0 Å². The minimum Gasteiger partial charge on any atom is -0.381 e. The van der Waals surface area contributed by atoms with Gasteiger partial charge in [-0.25, -0.2) is 0 Å². The molecule has 0 aromatic heterocycles. The third-order valence-electron chi connectivity index (χ3n) is 3.71. The van der Waals surface area contributed by atoms with Crippen LogP contribution >= 0.6 is 0 Å². The molecule has 0 unspecified atom stereocenters. The Morgan fingerprint density at radius 2 is 1.62 bits per heavy atom. The molecule has 1 amide bonds. The highest BCUT2D eigenvalue weighted by atomic mass is 16.1. The van der Waals surface area contributed by atoms with Crippen molar-refractivity contribution in [3.8, 4) is 0 Å². The molecule has 110 valence electrons. The highest BCUT2D eigenvalue weighted by Crippen LogP contribution is 2.16. The molecule has 2 aromatic carbocycles. The molecule has 21 heavy (non-hydrogen) atoms. The summed E-state index contributed by atoms with van der Waals surface area (Å²) >= 11 is 0. The Morgan fingerprint density at radius 3 is 2.19 bits per heavy atom. The van der Waals surface area contributed by atoms with Crippen molar-refractivity contribution in [2.75, 3.05) is 12.4 Å². The van der Waals surface area contributed by atoms with Crippen LogP contribution in [0, 0.1) is 13.8 Å². The van der Waals surface area contributed by atoms with Crippen LogP contribution in [0.25, 0.3) is 0 Å². The Labute approximate surface area is 126 Å². The summed E-state index contributed by atoms with van der Waals surface area (Å²) in [7, 11) is 1.66. The maximum atomic E-state index is 11.3. The summed E-state index contributed by atoms with van der Waals surface area (Å²) in [4.78, 5) is 11.3. The van der Waals surface area contributed by atoms with Gasteiger partial charge >= 0.3 is 0 Å². The van der Waals surface area contributed by atoms with Crippen molar-refractivity contribution in [2.45, 2.75) is 26.8 Å². The van der Waals surface area contributed by atoms with Gasteiger partial charge in [0.1, 0.15) is 0 Å². The van der Waals surface area contributed by atoms with Crippen LogP contribution < -0.4 is 10.6 Å². The molecule has 0 aliphatic carbocycles. The van der Waals surface area contributed by atoms with E-state index in [1.165, 1.54) is 16.7 Å². The molecule has 0 atom stereocenters. The standard InChI is InChI=1S/C18H22N2O/c1-13-5-4-6-14(2)17(13)12-20-16-9-7-15(8-10-16)11-18(21)19-3/h4-10,20H,11-12H2,1-3H3,(H,19,21). The number of hydrogen-bond acceptors (Lipinski definition) is 2. The molecule has 0 aliphatic rings. The number of carbonyl (C=O) groups is 1. The number of likely N-dealkylation sites (N-methyl/N-ethyl adjacent to an activating group) is 1. The molecule has 0 heterocycles. The smallest absolute Gasteiger partial charge is 0.224 e. The lowest BCUT2D eigenvalue weighted by molar-refractivity contribution is -0.119. The number of amides is 1. The van der Waals surface area contributed by atoms with Crippen molar-refractivity contribution in [3.05, 3.63) is 64.7 Å². The zero-order chi connectivity index (χ0) is 15.2. The fourth-order valence-corrected chi connectivity index (χ4v) is 2.33. The van der Waals surface area contributed by atoms with Crippen molar-refractivity contribution < 1.29 is 4.79 Å². The third kappa shape index (κ3) is 4.09. The summed E-state index contributed by atoms with van der Waals surface area (Å²) in [5, 5.41) is 6.07. The van der Waals surface area contributed by atoms with Gasteiger partial charge in [-0.3, -0.25) is 4.79 Å². The van der Waals surface area contributed by atoms with Gasteiger partial charge in [-0.2, -0.15) is 0 Å². The summed E-state index contributed by atoms with van der Waals surface area (Å²) in [6.07, 6.45) is 0.424. The molecule has 0 saturated carbocycles. The molecule has 3 nitrogen and oxygen atoms in total. The van der Waals surface area contributed by atoms with E-state index < -0.39 is 0 Å². The first-order valence-corrected chi connectivity index (χ1v) is 7.18. The van der Waals surface area contributed by atoms with E-state index in [9.17, 15) is 4.79 Å². The highest BCUT2D eigenvalue weighted by molar-refractivity contribution is 5.78. The Bertz CT molecular complexity index is 597. The summed E-state index contributed by atoms with van der Waals surface area (Å²) in [6, 6.07) is 14.4. The molecule has 0 bridgehead atoms. The molecular weight excluding hydrogens is 260 g/mol. The predicted octanol–water partition coefficient (Wildman–Crippen LogP) is 3.20. The zero-order valence-corrected chi connectivity index (χ0v) is 12.9. The molecule has 2 aromatic rings. The molecule has 2 N–H and O–H groups in total. The fraction of sp³-hybridized carbons (Fsp3) is 0.278. The Morgan fingerprint density at radius 1 is 1.00 bits per heavy atom. The van der Waals surface area contributed by atoms with Crippen LogP contribution in [0.15, 0.2) is 42.5 Å². The summed E-state index contributed by atoms with van der Waals surface area (Å²) < 4.78 is 0. The first-order chi connectivity index (χ1) is 10.1. The maximum absolute atomic E-state index is 11.3. The molecule has 0 saturated heterocycles. The quantitative estimate of drug-likeness (QED) is 0.884. The van der Waals surface area contributed by atoms with E-state index in [2.05, 4.69) is 42.7 Å². The second-order valence-electron chi connectivity index (χ2n) is 5.27. The molecule has 2 rings (SSSR count). The van der Waals surface area contributed by atoms with Crippen LogP contribution in [-0.2, 0) is 17.8 Å². The van der Waals surface area contributed by atoms with Gasteiger partial charge in [0.05, 0.1) is 6.42 Å². The monoisotopic (exact) mass is 282 g/mol. The van der Waals surface area contributed by atoms with Gasteiger partial charge in [-0.15, -0.1) is 0 Å². The second kappa shape index (κ2) is 6.93. The van der Waals surface area contributed by atoms with E-state index in [1.807, 2.05) is 24.3 Å². The van der Waals surface area contributed by atoms with Gasteiger partial charge < -0.3 is 10.6 Å². The van der Waals surface area contributed by atoms with Gasteiger partial charge in [0.25, 0.3) is 0 Å². The highest BCUT2D eigenvalue weighted by Gasteiger charge is 2.03. The minimum absolute atomic E-state index is 0.0336. The lowest BCUT2D eigenvalue weighted by atomic mass is 10.0. The van der Waals surface area contributed by atoms with Gasteiger partial charge in [0.15, 0.2) is 0 Å². The number of hydrogen-bond donors (Lipinski definition) is 2. The Kier molecular flexibility index (Phi) is 4.99. The van der Waals surface area contributed by atoms with Gasteiger partial charge in [-0.05, 0) is 48.2 Å². The maximum Gasteiger partial charge on any atom is 0.224 e. The summed E-state index contributed by atoms with van der Waals surface area (Å²) in [6.45, 7) is 5.08. The number of anilines is 1. The van der Waals surface area contributed by atoms with Crippen LogP contribution in [-0.4, -0.2) is 13.0 Å². The fourth-order valence-electron chi connectivity index (χ4n) is 2.33. The Balaban J connectivity index is 1.99.